The Hall–Kier alpha value is -0.160. The molecule has 2 unspecified atom stereocenters. The highest BCUT2D eigenvalue weighted by Gasteiger charge is 2.28. The number of nitrogens with one attached hydrogen (secondary N) is 2. The first kappa shape index (κ1) is 18.6. The Balaban J connectivity index is 1.37. The second-order valence-electron chi connectivity index (χ2n) is 8.93. The van der Waals surface area contributed by atoms with Crippen molar-refractivity contribution < 1.29 is 0 Å². The van der Waals surface area contributed by atoms with Crippen LogP contribution in [-0.4, -0.2) is 69.3 Å². The largest absolute Gasteiger partial charge is 0.317 e. The van der Waals surface area contributed by atoms with Gasteiger partial charge in [0, 0.05) is 26.3 Å². The molecule has 24 heavy (non-hydrogen) atoms. The zero-order valence-electron chi connectivity index (χ0n) is 16.1. The fourth-order valence-electron chi connectivity index (χ4n) is 5.44. The molecule has 3 heterocycles. The van der Waals surface area contributed by atoms with Gasteiger partial charge >= 0.3 is 0 Å². The van der Waals surface area contributed by atoms with Crippen LogP contribution < -0.4 is 10.6 Å². The van der Waals surface area contributed by atoms with Gasteiger partial charge in [-0.1, -0.05) is 6.92 Å². The van der Waals surface area contributed by atoms with E-state index in [2.05, 4.69) is 34.4 Å². The van der Waals surface area contributed by atoms with E-state index in [0.29, 0.717) is 0 Å². The highest BCUT2D eigenvalue weighted by molar-refractivity contribution is 4.82. The lowest BCUT2D eigenvalue weighted by Crippen LogP contribution is -2.47. The maximum absolute atomic E-state index is 3.50. The summed E-state index contributed by atoms with van der Waals surface area (Å²) in [5.74, 6) is 3.75. The summed E-state index contributed by atoms with van der Waals surface area (Å²) in [6, 6.07) is 0. The van der Waals surface area contributed by atoms with E-state index in [1.165, 1.54) is 84.3 Å². The normalized spacial score (nSPS) is 32.2. The SMILES string of the molecule is CNCN1CC(C)CC(CN2CCC(CC3CCNCC3)CC2)C1. The molecule has 3 aliphatic rings. The summed E-state index contributed by atoms with van der Waals surface area (Å²) in [5, 5.41) is 6.84. The van der Waals surface area contributed by atoms with Crippen LogP contribution in [0.2, 0.25) is 0 Å². The molecule has 0 aromatic heterocycles. The summed E-state index contributed by atoms with van der Waals surface area (Å²) in [6.07, 6.45) is 8.67. The topological polar surface area (TPSA) is 30.5 Å². The molecule has 0 amide bonds. The van der Waals surface area contributed by atoms with E-state index >= 15 is 0 Å². The Morgan fingerprint density at radius 1 is 0.917 bits per heavy atom. The van der Waals surface area contributed by atoms with Gasteiger partial charge in [-0.3, -0.25) is 4.90 Å². The van der Waals surface area contributed by atoms with Crippen LogP contribution in [0.4, 0.5) is 0 Å². The fraction of sp³-hybridized carbons (Fsp3) is 1.00. The second kappa shape index (κ2) is 9.51. The van der Waals surface area contributed by atoms with Crippen molar-refractivity contribution in [1.29, 1.82) is 0 Å². The minimum absolute atomic E-state index is 0.856. The van der Waals surface area contributed by atoms with E-state index in [9.17, 15) is 0 Å². The molecule has 4 heteroatoms. The third-order valence-corrected chi connectivity index (χ3v) is 6.55. The highest BCUT2D eigenvalue weighted by Crippen LogP contribution is 2.29. The van der Waals surface area contributed by atoms with Crippen LogP contribution in [0.25, 0.3) is 0 Å². The standard InChI is InChI=1S/C20H40N4/c1-17-11-20(15-24(13-17)16-21-2)14-23-9-5-19(6-10-23)12-18-3-7-22-8-4-18/h17-22H,3-16H2,1-2H3. The molecule has 0 saturated carbocycles. The second-order valence-corrected chi connectivity index (χ2v) is 8.93. The molecule has 0 spiro atoms. The van der Waals surface area contributed by atoms with Gasteiger partial charge in [-0.2, -0.15) is 0 Å². The number of piperidine rings is 3. The first-order valence-electron chi connectivity index (χ1n) is 10.5. The smallest absolute Gasteiger partial charge is 0.0478 e. The molecular weight excluding hydrogens is 296 g/mol. The van der Waals surface area contributed by atoms with Crippen LogP contribution in [0.15, 0.2) is 0 Å². The number of hydrogen-bond donors (Lipinski definition) is 2. The molecule has 0 bridgehead atoms. The van der Waals surface area contributed by atoms with Crippen molar-refractivity contribution in [3.63, 3.8) is 0 Å². The molecule has 0 aromatic carbocycles. The molecule has 2 N–H and O–H groups in total. The van der Waals surface area contributed by atoms with Crippen LogP contribution in [0.5, 0.6) is 0 Å². The summed E-state index contributed by atoms with van der Waals surface area (Å²) in [4.78, 5) is 5.39. The number of rotatable bonds is 6. The third kappa shape index (κ3) is 5.69. The molecular formula is C20H40N4. The molecule has 3 fully saturated rings. The van der Waals surface area contributed by atoms with Gasteiger partial charge in [0.2, 0.25) is 0 Å². The predicted octanol–water partition coefficient (Wildman–Crippen LogP) is 2.22. The van der Waals surface area contributed by atoms with Gasteiger partial charge in [0.1, 0.15) is 0 Å². The minimum Gasteiger partial charge on any atom is -0.317 e. The molecule has 0 aliphatic carbocycles. The van der Waals surface area contributed by atoms with Gasteiger partial charge in [-0.15, -0.1) is 0 Å². The minimum atomic E-state index is 0.856. The third-order valence-electron chi connectivity index (χ3n) is 6.55. The highest BCUT2D eigenvalue weighted by atomic mass is 15.2. The summed E-state index contributed by atoms with van der Waals surface area (Å²) in [7, 11) is 2.07. The molecule has 3 rings (SSSR count). The fourth-order valence-corrected chi connectivity index (χ4v) is 5.44. The number of likely N-dealkylation sites (tertiary alicyclic amines) is 2. The van der Waals surface area contributed by atoms with E-state index in [4.69, 9.17) is 0 Å². The van der Waals surface area contributed by atoms with Gasteiger partial charge in [-0.05, 0) is 95.4 Å². The van der Waals surface area contributed by atoms with Crippen molar-refractivity contribution in [2.75, 3.05) is 59.5 Å². The average molecular weight is 337 g/mol. The lowest BCUT2D eigenvalue weighted by molar-refractivity contribution is 0.0799. The molecule has 3 saturated heterocycles. The Kier molecular flexibility index (Phi) is 7.38. The Morgan fingerprint density at radius 2 is 1.62 bits per heavy atom. The van der Waals surface area contributed by atoms with Gasteiger partial charge < -0.3 is 15.5 Å². The van der Waals surface area contributed by atoms with Crippen LogP contribution in [-0.2, 0) is 0 Å². The van der Waals surface area contributed by atoms with Crippen LogP contribution >= 0.6 is 0 Å². The maximum atomic E-state index is 3.50. The van der Waals surface area contributed by atoms with Crippen LogP contribution in [0.3, 0.4) is 0 Å². The van der Waals surface area contributed by atoms with Crippen molar-refractivity contribution in [2.45, 2.75) is 45.4 Å². The summed E-state index contributed by atoms with van der Waals surface area (Å²) < 4.78 is 0. The van der Waals surface area contributed by atoms with Crippen molar-refractivity contribution in [1.82, 2.24) is 20.4 Å². The summed E-state index contributed by atoms with van der Waals surface area (Å²) in [5.41, 5.74) is 0. The van der Waals surface area contributed by atoms with E-state index in [1.54, 1.807) is 0 Å². The van der Waals surface area contributed by atoms with Crippen molar-refractivity contribution >= 4 is 0 Å². The Labute approximate surface area is 149 Å². The van der Waals surface area contributed by atoms with Gasteiger partial charge in [-0.25, -0.2) is 0 Å². The molecule has 0 aromatic rings. The molecule has 0 radical (unpaired) electrons. The predicted molar refractivity (Wildman–Crippen MR) is 102 cm³/mol. The van der Waals surface area contributed by atoms with Crippen LogP contribution in [0.1, 0.15) is 45.4 Å². The van der Waals surface area contributed by atoms with E-state index in [0.717, 1.165) is 30.3 Å². The zero-order valence-corrected chi connectivity index (χ0v) is 16.1. The van der Waals surface area contributed by atoms with Crippen LogP contribution in [0, 0.1) is 23.7 Å². The molecule has 140 valence electrons. The van der Waals surface area contributed by atoms with E-state index in [-0.39, 0.29) is 0 Å². The lowest BCUT2D eigenvalue weighted by atomic mass is 9.82. The van der Waals surface area contributed by atoms with Gasteiger partial charge in [0.15, 0.2) is 0 Å². The van der Waals surface area contributed by atoms with Crippen molar-refractivity contribution in [3.8, 4) is 0 Å². The van der Waals surface area contributed by atoms with E-state index < -0.39 is 0 Å². The summed E-state index contributed by atoms with van der Waals surface area (Å²) >= 11 is 0. The van der Waals surface area contributed by atoms with Gasteiger partial charge in [0.05, 0.1) is 0 Å². The van der Waals surface area contributed by atoms with Crippen molar-refractivity contribution in [3.05, 3.63) is 0 Å². The number of hydrogen-bond acceptors (Lipinski definition) is 4. The molecule has 3 aliphatic heterocycles. The lowest BCUT2D eigenvalue weighted by Gasteiger charge is -2.40. The molecule has 2 atom stereocenters. The van der Waals surface area contributed by atoms with E-state index in [1.807, 2.05) is 0 Å². The zero-order chi connectivity index (χ0) is 16.8. The average Bonchev–Trinajstić information content (AvgIpc) is 2.57. The molecule has 4 nitrogen and oxygen atoms in total. The van der Waals surface area contributed by atoms with Gasteiger partial charge in [0.25, 0.3) is 0 Å². The quantitative estimate of drug-likeness (QED) is 0.779. The maximum Gasteiger partial charge on any atom is 0.0478 e. The van der Waals surface area contributed by atoms with Crippen molar-refractivity contribution in [2.24, 2.45) is 23.7 Å². The first-order valence-corrected chi connectivity index (χ1v) is 10.5. The monoisotopic (exact) mass is 336 g/mol. The number of nitrogens with zero attached hydrogens (tertiary/aromatic N) is 2. The first-order chi connectivity index (χ1) is 11.7. The summed E-state index contributed by atoms with van der Waals surface area (Å²) in [6.45, 7) is 12.6. The Bertz CT molecular complexity index is 348. The Morgan fingerprint density at radius 3 is 2.33 bits per heavy atom.